The first-order valence-corrected chi connectivity index (χ1v) is 5.91. The van der Waals surface area contributed by atoms with Crippen molar-refractivity contribution in [2.75, 3.05) is 7.05 Å². The lowest BCUT2D eigenvalue weighted by Gasteiger charge is -2.30. The van der Waals surface area contributed by atoms with E-state index in [0.717, 1.165) is 12.7 Å². The van der Waals surface area contributed by atoms with Crippen molar-refractivity contribution in [1.82, 2.24) is 4.90 Å². The summed E-state index contributed by atoms with van der Waals surface area (Å²) in [6.45, 7) is 5.52. The number of hydrogen-bond donors (Lipinski definition) is 0. The fourth-order valence-electron chi connectivity index (χ4n) is 1.95. The summed E-state index contributed by atoms with van der Waals surface area (Å²) in [6.07, 6.45) is 5.87. The van der Waals surface area contributed by atoms with Gasteiger partial charge in [-0.3, -0.25) is 0 Å². The third kappa shape index (κ3) is 3.88. The molecule has 2 unspecified atom stereocenters. The molecule has 0 radical (unpaired) electrons. The predicted octanol–water partition coefficient (Wildman–Crippen LogP) is 2.39. The van der Waals surface area contributed by atoms with Gasteiger partial charge >= 0.3 is 6.09 Å². The van der Waals surface area contributed by atoms with Crippen LogP contribution in [-0.2, 0) is 9.53 Å². The quantitative estimate of drug-likeness (QED) is 0.561. The molecule has 1 aliphatic carbocycles. The normalized spacial score (nSPS) is 23.5. The van der Waals surface area contributed by atoms with Crippen molar-refractivity contribution >= 4 is 12.4 Å². The zero-order chi connectivity index (χ0) is 13.1. The van der Waals surface area contributed by atoms with Crippen LogP contribution < -0.4 is 0 Å². The van der Waals surface area contributed by atoms with Crippen LogP contribution in [0, 0.1) is 5.92 Å². The summed E-state index contributed by atoms with van der Waals surface area (Å²) in [6, 6.07) is -0.0324. The molecule has 0 spiro atoms. The zero-order valence-electron chi connectivity index (χ0n) is 11.0. The minimum atomic E-state index is -0.492. The summed E-state index contributed by atoms with van der Waals surface area (Å²) in [5.74, 6) is 0.185. The largest absolute Gasteiger partial charge is 0.444 e. The highest BCUT2D eigenvalue weighted by molar-refractivity contribution is 5.68. The lowest BCUT2D eigenvalue weighted by atomic mass is 9.99. The van der Waals surface area contributed by atoms with Crippen molar-refractivity contribution < 1.29 is 14.3 Å². The first kappa shape index (κ1) is 13.7. The first-order valence-electron chi connectivity index (χ1n) is 5.91. The van der Waals surface area contributed by atoms with Gasteiger partial charge in [0.25, 0.3) is 0 Å². The van der Waals surface area contributed by atoms with Crippen molar-refractivity contribution in [1.29, 1.82) is 0 Å². The molecule has 0 saturated heterocycles. The van der Waals surface area contributed by atoms with E-state index in [1.165, 1.54) is 0 Å². The van der Waals surface area contributed by atoms with Crippen LogP contribution >= 0.6 is 0 Å². The van der Waals surface area contributed by atoms with Gasteiger partial charge in [-0.15, -0.1) is 0 Å². The molecule has 0 N–H and O–H groups in total. The van der Waals surface area contributed by atoms with Crippen LogP contribution in [0.2, 0.25) is 0 Å². The molecule has 1 rings (SSSR count). The molecule has 0 aromatic heterocycles. The fourth-order valence-corrected chi connectivity index (χ4v) is 1.95. The van der Waals surface area contributed by atoms with Gasteiger partial charge in [0.2, 0.25) is 0 Å². The van der Waals surface area contributed by atoms with Gasteiger partial charge in [0, 0.05) is 13.5 Å². The maximum Gasteiger partial charge on any atom is 0.410 e. The molecule has 4 nitrogen and oxygen atoms in total. The SMILES string of the molecule is CN(C(=O)OC(C)(C)C)C1C=CCC1CC=O. The molecule has 96 valence electrons. The molecule has 0 fully saturated rings. The van der Waals surface area contributed by atoms with Gasteiger partial charge in [-0.05, 0) is 33.1 Å². The molecule has 1 amide bonds. The van der Waals surface area contributed by atoms with Gasteiger partial charge in [0.15, 0.2) is 0 Å². The first-order chi connectivity index (χ1) is 7.85. The Labute approximate surface area is 103 Å². The maximum absolute atomic E-state index is 11.9. The van der Waals surface area contributed by atoms with Crippen LogP contribution in [0.25, 0.3) is 0 Å². The number of nitrogens with zero attached hydrogens (tertiary/aromatic N) is 1. The van der Waals surface area contributed by atoms with Crippen molar-refractivity contribution in [2.24, 2.45) is 5.92 Å². The molecule has 0 bridgehead atoms. The monoisotopic (exact) mass is 239 g/mol. The van der Waals surface area contributed by atoms with Gasteiger partial charge in [0.1, 0.15) is 11.9 Å². The maximum atomic E-state index is 11.9. The van der Waals surface area contributed by atoms with E-state index in [1.54, 1.807) is 11.9 Å². The molecular formula is C13H21NO3. The molecule has 0 aliphatic heterocycles. The van der Waals surface area contributed by atoms with Crippen LogP contribution in [0.4, 0.5) is 4.79 Å². The van der Waals surface area contributed by atoms with E-state index in [-0.39, 0.29) is 18.1 Å². The molecule has 17 heavy (non-hydrogen) atoms. The van der Waals surface area contributed by atoms with Gasteiger partial charge in [-0.2, -0.15) is 0 Å². The summed E-state index contributed by atoms with van der Waals surface area (Å²) in [4.78, 5) is 24.0. The highest BCUT2D eigenvalue weighted by Crippen LogP contribution is 2.26. The van der Waals surface area contributed by atoms with Gasteiger partial charge in [-0.1, -0.05) is 12.2 Å². The Kier molecular flexibility index (Phi) is 4.32. The molecular weight excluding hydrogens is 218 g/mol. The number of ether oxygens (including phenoxy) is 1. The highest BCUT2D eigenvalue weighted by Gasteiger charge is 2.31. The predicted molar refractivity (Wildman–Crippen MR) is 65.7 cm³/mol. The standard InChI is InChI=1S/C13H21NO3/c1-13(2,3)17-12(16)14(4)11-7-5-6-10(11)8-9-15/h5,7,9-11H,6,8H2,1-4H3. The van der Waals surface area contributed by atoms with Gasteiger partial charge in [0.05, 0.1) is 6.04 Å². The second kappa shape index (κ2) is 5.34. The van der Waals surface area contributed by atoms with Gasteiger partial charge in [-0.25, -0.2) is 4.79 Å². The molecule has 0 aromatic carbocycles. The van der Waals surface area contributed by atoms with Crippen LogP contribution in [0.5, 0.6) is 0 Å². The second-order valence-corrected chi connectivity index (χ2v) is 5.41. The highest BCUT2D eigenvalue weighted by atomic mass is 16.6. The van der Waals surface area contributed by atoms with E-state index in [9.17, 15) is 9.59 Å². The lowest BCUT2D eigenvalue weighted by Crippen LogP contribution is -2.42. The van der Waals surface area contributed by atoms with Crippen molar-refractivity contribution in [3.05, 3.63) is 12.2 Å². The van der Waals surface area contributed by atoms with E-state index in [0.29, 0.717) is 6.42 Å². The number of allylic oxidation sites excluding steroid dienone is 1. The summed E-state index contributed by atoms with van der Waals surface area (Å²) >= 11 is 0. The van der Waals surface area contributed by atoms with Crippen molar-refractivity contribution in [3.8, 4) is 0 Å². The average Bonchev–Trinajstić information content (AvgIpc) is 2.62. The minimum Gasteiger partial charge on any atom is -0.444 e. The summed E-state index contributed by atoms with van der Waals surface area (Å²) < 4.78 is 5.30. The number of carbonyl (C=O) groups is 2. The summed E-state index contributed by atoms with van der Waals surface area (Å²) in [5, 5.41) is 0. The average molecular weight is 239 g/mol. The molecule has 0 saturated carbocycles. The van der Waals surface area contributed by atoms with E-state index >= 15 is 0 Å². The summed E-state index contributed by atoms with van der Waals surface area (Å²) in [7, 11) is 1.71. The molecule has 1 aliphatic rings. The van der Waals surface area contributed by atoms with Crippen LogP contribution in [0.1, 0.15) is 33.6 Å². The Bertz CT molecular complexity index is 317. The van der Waals surface area contributed by atoms with Gasteiger partial charge < -0.3 is 14.4 Å². The topological polar surface area (TPSA) is 46.6 Å². The van der Waals surface area contributed by atoms with E-state index < -0.39 is 5.60 Å². The number of carbonyl (C=O) groups excluding carboxylic acids is 2. The molecule has 4 heteroatoms. The number of amides is 1. The van der Waals surface area contributed by atoms with E-state index in [2.05, 4.69) is 0 Å². The van der Waals surface area contributed by atoms with Crippen molar-refractivity contribution in [3.63, 3.8) is 0 Å². The Morgan fingerprint density at radius 1 is 1.53 bits per heavy atom. The minimum absolute atomic E-state index is 0.0324. The Balaban J connectivity index is 2.62. The third-order valence-corrected chi connectivity index (χ3v) is 2.78. The van der Waals surface area contributed by atoms with E-state index in [1.807, 2.05) is 32.9 Å². The Morgan fingerprint density at radius 2 is 2.18 bits per heavy atom. The lowest BCUT2D eigenvalue weighted by molar-refractivity contribution is -0.108. The number of rotatable bonds is 3. The smallest absolute Gasteiger partial charge is 0.410 e. The van der Waals surface area contributed by atoms with E-state index in [4.69, 9.17) is 4.74 Å². The van der Waals surface area contributed by atoms with Crippen molar-refractivity contribution in [2.45, 2.75) is 45.3 Å². The van der Waals surface area contributed by atoms with Crippen LogP contribution in [0.15, 0.2) is 12.2 Å². The third-order valence-electron chi connectivity index (χ3n) is 2.78. The Morgan fingerprint density at radius 3 is 2.71 bits per heavy atom. The second-order valence-electron chi connectivity index (χ2n) is 5.41. The molecule has 0 heterocycles. The number of hydrogen-bond acceptors (Lipinski definition) is 3. The van der Waals surface area contributed by atoms with Crippen LogP contribution in [0.3, 0.4) is 0 Å². The van der Waals surface area contributed by atoms with Crippen LogP contribution in [-0.4, -0.2) is 36.0 Å². The Hall–Kier alpha value is -1.32. The summed E-state index contributed by atoms with van der Waals surface area (Å²) in [5.41, 5.74) is -0.492. The number of likely N-dealkylation sites (N-methyl/N-ethyl adjacent to an activating group) is 1. The molecule has 2 atom stereocenters. The molecule has 0 aromatic rings. The number of aldehydes is 1. The fraction of sp³-hybridized carbons (Fsp3) is 0.692. The zero-order valence-corrected chi connectivity index (χ0v) is 11.0.